The van der Waals surface area contributed by atoms with E-state index < -0.39 is 5.97 Å². The second kappa shape index (κ2) is 9.50. The molecule has 0 aliphatic carbocycles. The fourth-order valence-corrected chi connectivity index (χ4v) is 3.87. The zero-order valence-corrected chi connectivity index (χ0v) is 17.8. The Bertz CT molecular complexity index is 1070. The van der Waals surface area contributed by atoms with Gasteiger partial charge in [-0.25, -0.2) is 9.18 Å². The molecule has 1 N–H and O–H groups in total. The quantitative estimate of drug-likeness (QED) is 0.384. The number of anilines is 1. The molecule has 0 aliphatic heterocycles. The Morgan fingerprint density at radius 1 is 1.07 bits per heavy atom. The van der Waals surface area contributed by atoms with Crippen LogP contribution in [0.25, 0.3) is 17.2 Å². The average Bonchev–Trinajstić information content (AvgIpc) is 3.15. The van der Waals surface area contributed by atoms with Crippen molar-refractivity contribution in [3.05, 3.63) is 82.5 Å². The highest BCUT2D eigenvalue weighted by Gasteiger charge is 2.22. The third-order valence-electron chi connectivity index (χ3n) is 4.60. The van der Waals surface area contributed by atoms with Crippen molar-refractivity contribution in [1.82, 2.24) is 0 Å². The van der Waals surface area contributed by atoms with E-state index in [0.29, 0.717) is 22.0 Å². The van der Waals surface area contributed by atoms with Gasteiger partial charge in [0.1, 0.15) is 16.4 Å². The lowest BCUT2D eigenvalue weighted by atomic mass is 10.0. The first kappa shape index (κ1) is 21.5. The Hall–Kier alpha value is -3.25. The van der Waals surface area contributed by atoms with Crippen molar-refractivity contribution in [3.63, 3.8) is 0 Å². The van der Waals surface area contributed by atoms with Crippen molar-refractivity contribution >= 4 is 34.3 Å². The lowest BCUT2D eigenvalue weighted by molar-refractivity contribution is -0.111. The molecule has 0 unspecified atom stereocenters. The number of amides is 1. The van der Waals surface area contributed by atoms with Gasteiger partial charge >= 0.3 is 5.97 Å². The Morgan fingerprint density at radius 2 is 1.73 bits per heavy atom. The number of ether oxygens (including phenoxy) is 1. The van der Waals surface area contributed by atoms with E-state index in [1.54, 1.807) is 23.6 Å². The highest BCUT2D eigenvalue weighted by Crippen LogP contribution is 2.36. The molecule has 6 heteroatoms. The topological polar surface area (TPSA) is 55.4 Å². The van der Waals surface area contributed by atoms with Gasteiger partial charge in [-0.1, -0.05) is 50.2 Å². The number of methoxy groups -OCH3 is 1. The van der Waals surface area contributed by atoms with Crippen molar-refractivity contribution in [2.24, 2.45) is 0 Å². The van der Waals surface area contributed by atoms with Crippen LogP contribution in [0.15, 0.2) is 60.0 Å². The van der Waals surface area contributed by atoms with Crippen LogP contribution in [0.3, 0.4) is 0 Å². The summed E-state index contributed by atoms with van der Waals surface area (Å²) in [6.07, 6.45) is 3.13. The summed E-state index contributed by atoms with van der Waals surface area (Å²) in [7, 11) is 1.28. The number of thiophene rings is 1. The Kier molecular flexibility index (Phi) is 6.79. The van der Waals surface area contributed by atoms with E-state index in [1.165, 1.54) is 42.2 Å². The summed E-state index contributed by atoms with van der Waals surface area (Å²) < 4.78 is 18.1. The lowest BCUT2D eigenvalue weighted by Crippen LogP contribution is -2.11. The number of carbonyl (C=O) groups excluding carboxylic acids is 2. The Morgan fingerprint density at radius 3 is 2.33 bits per heavy atom. The third kappa shape index (κ3) is 5.02. The maximum Gasteiger partial charge on any atom is 0.341 e. The number of hydrogen-bond acceptors (Lipinski definition) is 4. The minimum atomic E-state index is -0.570. The molecule has 1 aromatic heterocycles. The average molecular weight is 424 g/mol. The number of rotatable bonds is 6. The number of benzene rings is 2. The summed E-state index contributed by atoms with van der Waals surface area (Å²) >= 11 is 1.21. The van der Waals surface area contributed by atoms with E-state index in [0.717, 1.165) is 5.56 Å². The van der Waals surface area contributed by atoms with Gasteiger partial charge in [0, 0.05) is 17.0 Å². The van der Waals surface area contributed by atoms with E-state index in [9.17, 15) is 14.0 Å². The van der Waals surface area contributed by atoms with Crippen LogP contribution in [0.5, 0.6) is 0 Å². The van der Waals surface area contributed by atoms with Crippen LogP contribution in [0.4, 0.5) is 9.39 Å². The molecule has 30 heavy (non-hydrogen) atoms. The number of hydrogen-bond donors (Lipinski definition) is 1. The van der Waals surface area contributed by atoms with Gasteiger partial charge in [-0.15, -0.1) is 11.3 Å². The zero-order valence-electron chi connectivity index (χ0n) is 16.9. The normalized spacial score (nSPS) is 11.1. The molecule has 0 fully saturated rings. The van der Waals surface area contributed by atoms with Crippen LogP contribution in [0.2, 0.25) is 0 Å². The van der Waals surface area contributed by atoms with E-state index in [2.05, 4.69) is 19.2 Å². The van der Waals surface area contributed by atoms with Gasteiger partial charge in [-0.2, -0.15) is 0 Å². The highest BCUT2D eigenvalue weighted by molar-refractivity contribution is 7.15. The minimum absolute atomic E-state index is 0.247. The smallest absolute Gasteiger partial charge is 0.341 e. The van der Waals surface area contributed by atoms with E-state index in [1.807, 2.05) is 24.3 Å². The molecule has 0 saturated carbocycles. The highest BCUT2D eigenvalue weighted by atomic mass is 32.1. The first-order chi connectivity index (χ1) is 14.4. The Labute approximate surface area is 179 Å². The van der Waals surface area contributed by atoms with E-state index in [4.69, 9.17) is 4.74 Å². The fourth-order valence-electron chi connectivity index (χ4n) is 2.91. The SMILES string of the molecule is COC(=O)c1c(-c2ccc(F)cc2)csc1NC(=O)/C=C/c1ccc(C(C)C)cc1. The van der Waals surface area contributed by atoms with Crippen molar-refractivity contribution in [2.45, 2.75) is 19.8 Å². The largest absolute Gasteiger partial charge is 0.465 e. The molecule has 0 radical (unpaired) electrons. The standard InChI is InChI=1S/C24H22FNO3S/c1-15(2)17-7-4-16(5-8-17)6-13-21(27)26-23-22(24(28)29-3)20(14-30-23)18-9-11-19(25)12-10-18/h4-15H,1-3H3,(H,26,27)/b13-6+. The summed E-state index contributed by atoms with van der Waals surface area (Å²) in [5.41, 5.74) is 3.62. The zero-order chi connectivity index (χ0) is 21.7. The summed E-state index contributed by atoms with van der Waals surface area (Å²) in [5.74, 6) is -0.856. The molecule has 1 heterocycles. The second-order valence-corrected chi connectivity index (χ2v) is 7.88. The molecule has 0 atom stereocenters. The number of nitrogens with one attached hydrogen (secondary N) is 1. The maximum atomic E-state index is 13.2. The van der Waals surface area contributed by atoms with Crippen LogP contribution >= 0.6 is 11.3 Å². The summed E-state index contributed by atoms with van der Waals surface area (Å²) in [6, 6.07) is 13.8. The van der Waals surface area contributed by atoms with Crippen molar-refractivity contribution < 1.29 is 18.7 Å². The molecule has 2 aromatic carbocycles. The van der Waals surface area contributed by atoms with Crippen LogP contribution < -0.4 is 5.32 Å². The molecule has 0 bridgehead atoms. The van der Waals surface area contributed by atoms with Gasteiger partial charge in [0.2, 0.25) is 5.91 Å². The van der Waals surface area contributed by atoms with Gasteiger partial charge in [0.05, 0.1) is 7.11 Å². The van der Waals surface area contributed by atoms with Crippen LogP contribution in [0.1, 0.15) is 41.3 Å². The summed E-state index contributed by atoms with van der Waals surface area (Å²) in [4.78, 5) is 24.8. The van der Waals surface area contributed by atoms with E-state index >= 15 is 0 Å². The maximum absolute atomic E-state index is 13.2. The molecule has 3 aromatic rings. The van der Waals surface area contributed by atoms with E-state index in [-0.39, 0.29) is 17.3 Å². The van der Waals surface area contributed by atoms with Gasteiger partial charge in [-0.05, 0) is 40.8 Å². The number of halogens is 1. The third-order valence-corrected chi connectivity index (χ3v) is 5.50. The minimum Gasteiger partial charge on any atom is -0.465 e. The molecule has 154 valence electrons. The number of carbonyl (C=O) groups is 2. The molecule has 0 spiro atoms. The molecule has 4 nitrogen and oxygen atoms in total. The second-order valence-electron chi connectivity index (χ2n) is 7.00. The molecular weight excluding hydrogens is 401 g/mol. The van der Waals surface area contributed by atoms with Crippen LogP contribution in [-0.2, 0) is 9.53 Å². The van der Waals surface area contributed by atoms with Crippen molar-refractivity contribution in [1.29, 1.82) is 0 Å². The predicted octanol–water partition coefficient (Wildman–Crippen LogP) is 6.12. The van der Waals surface area contributed by atoms with Gasteiger partial charge < -0.3 is 10.1 Å². The van der Waals surface area contributed by atoms with Gasteiger partial charge in [0.15, 0.2) is 0 Å². The van der Waals surface area contributed by atoms with Gasteiger partial charge in [0.25, 0.3) is 0 Å². The summed E-state index contributed by atoms with van der Waals surface area (Å²) in [5, 5.41) is 4.87. The fraction of sp³-hybridized carbons (Fsp3) is 0.167. The van der Waals surface area contributed by atoms with Crippen LogP contribution in [-0.4, -0.2) is 19.0 Å². The molecule has 0 saturated heterocycles. The van der Waals surface area contributed by atoms with Crippen molar-refractivity contribution in [3.8, 4) is 11.1 Å². The van der Waals surface area contributed by atoms with Crippen LogP contribution in [0, 0.1) is 5.82 Å². The summed E-state index contributed by atoms with van der Waals surface area (Å²) in [6.45, 7) is 4.25. The molecule has 3 rings (SSSR count). The Balaban J connectivity index is 1.80. The predicted molar refractivity (Wildman–Crippen MR) is 119 cm³/mol. The number of esters is 1. The molecule has 0 aliphatic rings. The lowest BCUT2D eigenvalue weighted by Gasteiger charge is -2.07. The first-order valence-corrected chi connectivity index (χ1v) is 10.3. The van der Waals surface area contributed by atoms with Crippen molar-refractivity contribution in [2.75, 3.05) is 12.4 Å². The molecular formula is C24H22FNO3S. The monoisotopic (exact) mass is 423 g/mol. The first-order valence-electron chi connectivity index (χ1n) is 9.43. The van der Waals surface area contributed by atoms with Gasteiger partial charge in [-0.3, -0.25) is 4.79 Å². The molecule has 1 amide bonds.